The number of carbonyl (C=O) groups excluding carboxylic acids is 2. The van der Waals surface area contributed by atoms with E-state index in [1.165, 1.54) is 0 Å². The van der Waals surface area contributed by atoms with Crippen LogP contribution in [0.15, 0.2) is 46.8 Å². The molecular formula is C24H28ClNO3. The molecule has 4 nitrogen and oxygen atoms in total. The Morgan fingerprint density at radius 1 is 1.21 bits per heavy atom. The van der Waals surface area contributed by atoms with E-state index in [1.807, 2.05) is 25.1 Å². The van der Waals surface area contributed by atoms with Gasteiger partial charge in [0, 0.05) is 34.3 Å². The summed E-state index contributed by atoms with van der Waals surface area (Å²) in [6, 6.07) is 7.47. The highest BCUT2D eigenvalue weighted by Crippen LogP contribution is 2.47. The number of ether oxygens (including phenoxy) is 1. The molecule has 0 aromatic heterocycles. The summed E-state index contributed by atoms with van der Waals surface area (Å²) >= 11 is 6.27. The lowest BCUT2D eigenvalue weighted by molar-refractivity contribution is -0.144. The first-order valence-electron chi connectivity index (χ1n) is 10.5. The normalized spacial score (nSPS) is 24.4. The molecule has 0 saturated heterocycles. The molecule has 0 amide bonds. The number of esters is 1. The van der Waals surface area contributed by atoms with Gasteiger partial charge in [0.05, 0.1) is 5.57 Å². The van der Waals surface area contributed by atoms with Crippen molar-refractivity contribution in [3.05, 3.63) is 57.4 Å². The minimum absolute atomic E-state index is 0.0285. The lowest BCUT2D eigenvalue weighted by Crippen LogP contribution is -2.39. The van der Waals surface area contributed by atoms with E-state index < -0.39 is 5.92 Å². The van der Waals surface area contributed by atoms with Gasteiger partial charge in [-0.3, -0.25) is 4.79 Å². The maximum atomic E-state index is 13.3. The highest BCUT2D eigenvalue weighted by molar-refractivity contribution is 6.30. The van der Waals surface area contributed by atoms with Crippen molar-refractivity contribution in [2.45, 2.75) is 71.3 Å². The maximum absolute atomic E-state index is 13.3. The van der Waals surface area contributed by atoms with Gasteiger partial charge in [-0.15, -0.1) is 0 Å². The van der Waals surface area contributed by atoms with Crippen LogP contribution in [0.1, 0.15) is 70.8 Å². The monoisotopic (exact) mass is 413 g/mol. The average Bonchev–Trinajstić information content (AvgIpc) is 3.12. The van der Waals surface area contributed by atoms with E-state index >= 15 is 0 Å². The minimum Gasteiger partial charge on any atom is -0.459 e. The number of dihydropyridines is 1. The second-order valence-electron chi connectivity index (χ2n) is 9.30. The number of Topliss-reactive ketones (excluding diaryl/α,β-unsaturated/α-hetero) is 1. The Balaban J connectivity index is 1.79. The molecule has 1 aromatic carbocycles. The van der Waals surface area contributed by atoms with Gasteiger partial charge in [0.2, 0.25) is 0 Å². The zero-order valence-corrected chi connectivity index (χ0v) is 18.1. The largest absolute Gasteiger partial charge is 0.459 e. The lowest BCUT2D eigenvalue weighted by atomic mass is 9.68. The van der Waals surface area contributed by atoms with Crippen molar-refractivity contribution in [3.8, 4) is 0 Å². The summed E-state index contributed by atoms with van der Waals surface area (Å²) in [5.41, 5.74) is 3.66. The molecule has 1 N–H and O–H groups in total. The molecule has 1 atom stereocenters. The van der Waals surface area contributed by atoms with Gasteiger partial charge in [0.1, 0.15) is 6.10 Å². The molecule has 0 spiro atoms. The van der Waals surface area contributed by atoms with E-state index in [1.54, 1.807) is 6.07 Å². The SMILES string of the molecule is CC1=C(C(=O)OC2CCCC2)[C@@H](c2cccc(Cl)c2)C2=C(CC(C)(C)CC2=O)N1. The highest BCUT2D eigenvalue weighted by Gasteiger charge is 2.43. The van der Waals surface area contributed by atoms with Crippen molar-refractivity contribution in [2.24, 2.45) is 5.41 Å². The van der Waals surface area contributed by atoms with E-state index in [2.05, 4.69) is 19.2 Å². The fourth-order valence-electron chi connectivity index (χ4n) is 4.95. The second kappa shape index (κ2) is 7.64. The zero-order chi connectivity index (χ0) is 20.8. The molecule has 1 aromatic rings. The summed E-state index contributed by atoms with van der Waals surface area (Å²) in [6.07, 6.45) is 5.22. The van der Waals surface area contributed by atoms with Crippen molar-refractivity contribution in [3.63, 3.8) is 0 Å². The Morgan fingerprint density at radius 3 is 2.62 bits per heavy atom. The van der Waals surface area contributed by atoms with Crippen molar-refractivity contribution in [1.82, 2.24) is 5.32 Å². The third-order valence-electron chi connectivity index (χ3n) is 6.22. The van der Waals surface area contributed by atoms with Gasteiger partial charge in [0.25, 0.3) is 0 Å². The zero-order valence-electron chi connectivity index (χ0n) is 17.3. The van der Waals surface area contributed by atoms with Crippen LogP contribution in [0.2, 0.25) is 5.02 Å². The molecule has 29 heavy (non-hydrogen) atoms. The third-order valence-corrected chi connectivity index (χ3v) is 6.45. The summed E-state index contributed by atoms with van der Waals surface area (Å²) in [6.45, 7) is 6.11. The Kier molecular flexibility index (Phi) is 5.32. The molecule has 0 bridgehead atoms. The van der Waals surface area contributed by atoms with E-state index in [-0.39, 0.29) is 23.3 Å². The molecule has 1 aliphatic heterocycles. The molecule has 0 unspecified atom stereocenters. The van der Waals surface area contributed by atoms with Crippen LogP contribution in [-0.2, 0) is 14.3 Å². The number of rotatable bonds is 3. The summed E-state index contributed by atoms with van der Waals surface area (Å²) in [7, 11) is 0. The molecule has 0 radical (unpaired) electrons. The number of hydrogen-bond acceptors (Lipinski definition) is 4. The summed E-state index contributed by atoms with van der Waals surface area (Å²) in [5, 5.41) is 3.97. The van der Waals surface area contributed by atoms with E-state index in [0.717, 1.165) is 49.1 Å². The van der Waals surface area contributed by atoms with Crippen LogP contribution in [0.5, 0.6) is 0 Å². The molecule has 3 aliphatic rings. The first-order chi connectivity index (χ1) is 13.7. The Morgan fingerprint density at radius 2 is 1.93 bits per heavy atom. The molecule has 1 fully saturated rings. The Bertz CT molecular complexity index is 922. The predicted molar refractivity (Wildman–Crippen MR) is 113 cm³/mol. The summed E-state index contributed by atoms with van der Waals surface area (Å²) in [5.74, 6) is -0.675. The highest BCUT2D eigenvalue weighted by atomic mass is 35.5. The van der Waals surface area contributed by atoms with Crippen LogP contribution in [0, 0.1) is 5.41 Å². The maximum Gasteiger partial charge on any atom is 0.337 e. The smallest absolute Gasteiger partial charge is 0.337 e. The van der Waals surface area contributed by atoms with Crippen LogP contribution >= 0.6 is 11.6 Å². The lowest BCUT2D eigenvalue weighted by Gasteiger charge is -2.39. The Hall–Kier alpha value is -2.07. The van der Waals surface area contributed by atoms with Crippen LogP contribution < -0.4 is 5.32 Å². The first kappa shape index (κ1) is 20.2. The van der Waals surface area contributed by atoms with Crippen molar-refractivity contribution in [2.75, 3.05) is 0 Å². The fraction of sp³-hybridized carbons (Fsp3) is 0.500. The van der Waals surface area contributed by atoms with Gasteiger partial charge in [-0.25, -0.2) is 4.79 Å². The molecule has 1 saturated carbocycles. The predicted octanol–water partition coefficient (Wildman–Crippen LogP) is 5.43. The molecular weight excluding hydrogens is 386 g/mol. The molecule has 1 heterocycles. The van der Waals surface area contributed by atoms with E-state index in [0.29, 0.717) is 22.6 Å². The number of benzene rings is 1. The Labute approximate surface area is 177 Å². The standard InChI is InChI=1S/C24H28ClNO3/c1-14-20(23(28)29-17-9-4-5-10-17)21(15-7-6-8-16(25)11-15)22-18(26-14)12-24(2,3)13-19(22)27/h6-8,11,17,21,26H,4-5,9-10,12-13H2,1-3H3/t21-/m1/s1. The first-order valence-corrected chi connectivity index (χ1v) is 10.8. The van der Waals surface area contributed by atoms with Crippen LogP contribution in [0.25, 0.3) is 0 Å². The summed E-state index contributed by atoms with van der Waals surface area (Å²) < 4.78 is 5.86. The van der Waals surface area contributed by atoms with Crippen LogP contribution in [0.3, 0.4) is 0 Å². The van der Waals surface area contributed by atoms with Gasteiger partial charge in [0.15, 0.2) is 5.78 Å². The number of allylic oxidation sites excluding steroid dienone is 3. The third kappa shape index (κ3) is 4.00. The second-order valence-corrected chi connectivity index (χ2v) is 9.73. The molecule has 2 aliphatic carbocycles. The van der Waals surface area contributed by atoms with E-state index in [4.69, 9.17) is 16.3 Å². The van der Waals surface area contributed by atoms with Crippen LogP contribution in [-0.4, -0.2) is 17.9 Å². The van der Waals surface area contributed by atoms with Gasteiger partial charge in [-0.05, 0) is 62.1 Å². The molecule has 5 heteroatoms. The number of nitrogens with one attached hydrogen (secondary N) is 1. The number of ketones is 1. The molecule has 154 valence electrons. The summed E-state index contributed by atoms with van der Waals surface area (Å²) in [4.78, 5) is 26.5. The fourth-order valence-corrected chi connectivity index (χ4v) is 5.15. The van der Waals surface area contributed by atoms with Gasteiger partial charge in [-0.1, -0.05) is 37.6 Å². The number of hydrogen-bond donors (Lipinski definition) is 1. The minimum atomic E-state index is -0.442. The van der Waals surface area contributed by atoms with Crippen molar-refractivity contribution in [1.29, 1.82) is 0 Å². The van der Waals surface area contributed by atoms with E-state index in [9.17, 15) is 9.59 Å². The number of halogens is 1. The van der Waals surface area contributed by atoms with Crippen molar-refractivity contribution < 1.29 is 14.3 Å². The van der Waals surface area contributed by atoms with Gasteiger partial charge in [-0.2, -0.15) is 0 Å². The topological polar surface area (TPSA) is 55.4 Å². The quantitative estimate of drug-likeness (QED) is 0.671. The van der Waals surface area contributed by atoms with Gasteiger partial charge >= 0.3 is 5.97 Å². The average molecular weight is 414 g/mol. The van der Waals surface area contributed by atoms with Gasteiger partial charge < -0.3 is 10.1 Å². The van der Waals surface area contributed by atoms with Crippen molar-refractivity contribution >= 4 is 23.4 Å². The van der Waals surface area contributed by atoms with Crippen LogP contribution in [0.4, 0.5) is 0 Å². The number of carbonyl (C=O) groups is 2. The molecule has 4 rings (SSSR count).